The molecule has 0 unspecified atom stereocenters. The number of carbonyl (C=O) groups excluding carboxylic acids is 1. The lowest BCUT2D eigenvalue weighted by molar-refractivity contribution is -0.144. The lowest BCUT2D eigenvalue weighted by Crippen LogP contribution is -2.54. The van der Waals surface area contributed by atoms with Crippen molar-refractivity contribution in [1.29, 1.82) is 0 Å². The molecule has 0 aliphatic carbocycles. The molecule has 1 saturated heterocycles. The van der Waals surface area contributed by atoms with Gasteiger partial charge < -0.3 is 20.1 Å². The number of benzene rings is 2. The zero-order valence-corrected chi connectivity index (χ0v) is 16.8. The van der Waals surface area contributed by atoms with Gasteiger partial charge in [0.05, 0.1) is 12.2 Å². The number of hydrogen-bond acceptors (Lipinski definition) is 5. The van der Waals surface area contributed by atoms with Gasteiger partial charge in [-0.3, -0.25) is 0 Å². The van der Waals surface area contributed by atoms with Gasteiger partial charge in [0.15, 0.2) is 0 Å². The number of para-hydroxylation sites is 1. The van der Waals surface area contributed by atoms with Gasteiger partial charge >= 0.3 is 11.9 Å². The molecular formula is C23H28N2O4. The summed E-state index contributed by atoms with van der Waals surface area (Å²) in [6.07, 6.45) is 1.88. The Labute approximate surface area is 171 Å². The number of ether oxygens (including phenoxy) is 1. The minimum absolute atomic E-state index is 0.271. The monoisotopic (exact) mass is 396 g/mol. The number of likely N-dealkylation sites (tertiary alicyclic amines) is 1. The minimum atomic E-state index is -1.09. The van der Waals surface area contributed by atoms with Gasteiger partial charge in [-0.1, -0.05) is 42.5 Å². The molecule has 0 atom stereocenters. The van der Waals surface area contributed by atoms with Crippen LogP contribution in [-0.2, 0) is 16.0 Å². The molecule has 0 radical (unpaired) electrons. The van der Waals surface area contributed by atoms with E-state index in [1.165, 1.54) is 5.56 Å². The summed E-state index contributed by atoms with van der Waals surface area (Å²) in [4.78, 5) is 26.7. The summed E-state index contributed by atoms with van der Waals surface area (Å²) < 4.78 is 5.11. The van der Waals surface area contributed by atoms with E-state index in [2.05, 4.69) is 22.3 Å². The van der Waals surface area contributed by atoms with E-state index in [0.717, 1.165) is 13.0 Å². The van der Waals surface area contributed by atoms with Crippen LogP contribution in [0.2, 0.25) is 0 Å². The lowest BCUT2D eigenvalue weighted by Gasteiger charge is -2.40. The number of nitrogens with one attached hydrogen (secondary N) is 1. The number of aliphatic carboxylic acids is 1. The number of rotatable bonds is 8. The van der Waals surface area contributed by atoms with Crippen LogP contribution in [0.4, 0.5) is 5.69 Å². The summed E-state index contributed by atoms with van der Waals surface area (Å²) in [5.74, 6) is -1.34. The van der Waals surface area contributed by atoms with Crippen molar-refractivity contribution in [3.63, 3.8) is 0 Å². The molecule has 2 N–H and O–H groups in total. The Balaban J connectivity index is 1.67. The van der Waals surface area contributed by atoms with Crippen molar-refractivity contribution in [3.8, 4) is 0 Å². The minimum Gasteiger partial charge on any atom is -0.480 e. The van der Waals surface area contributed by atoms with Gasteiger partial charge in [-0.2, -0.15) is 0 Å². The molecule has 0 bridgehead atoms. The predicted molar refractivity (Wildman–Crippen MR) is 112 cm³/mol. The van der Waals surface area contributed by atoms with E-state index in [-0.39, 0.29) is 6.61 Å². The summed E-state index contributed by atoms with van der Waals surface area (Å²) in [5, 5.41) is 13.1. The highest BCUT2D eigenvalue weighted by molar-refractivity contribution is 5.97. The van der Waals surface area contributed by atoms with Crippen LogP contribution in [0.15, 0.2) is 54.6 Å². The third-order valence-electron chi connectivity index (χ3n) is 5.47. The zero-order valence-electron chi connectivity index (χ0n) is 16.8. The maximum atomic E-state index is 12.2. The highest BCUT2D eigenvalue weighted by Gasteiger charge is 2.42. The number of anilines is 1. The Kier molecular flexibility index (Phi) is 6.88. The first-order valence-electron chi connectivity index (χ1n) is 10.1. The largest absolute Gasteiger partial charge is 0.480 e. The van der Waals surface area contributed by atoms with Crippen LogP contribution in [0.5, 0.6) is 0 Å². The van der Waals surface area contributed by atoms with Crippen LogP contribution in [0.3, 0.4) is 0 Å². The average molecular weight is 396 g/mol. The summed E-state index contributed by atoms with van der Waals surface area (Å²) >= 11 is 0. The highest BCUT2D eigenvalue weighted by atomic mass is 16.5. The maximum absolute atomic E-state index is 12.2. The third-order valence-corrected chi connectivity index (χ3v) is 5.47. The second kappa shape index (κ2) is 9.56. The van der Waals surface area contributed by atoms with Crippen molar-refractivity contribution in [1.82, 2.24) is 4.90 Å². The lowest BCUT2D eigenvalue weighted by atomic mass is 9.86. The Hall–Kier alpha value is -2.86. The standard InChI is InChI=1S/C23H28N2O4/c1-2-29-21(26)19-10-6-7-11-20(19)24-23(22(27)28)13-16-25(17-14-23)15-12-18-8-4-3-5-9-18/h3-11,24H,2,12-17H2,1H3,(H,27,28). The van der Waals surface area contributed by atoms with Gasteiger partial charge in [-0.25, -0.2) is 9.59 Å². The Morgan fingerprint density at radius 2 is 1.72 bits per heavy atom. The van der Waals surface area contributed by atoms with Crippen molar-refractivity contribution in [3.05, 3.63) is 65.7 Å². The predicted octanol–water partition coefficient (Wildman–Crippen LogP) is 3.44. The molecule has 29 heavy (non-hydrogen) atoms. The van der Waals surface area contributed by atoms with Crippen LogP contribution in [-0.4, -0.2) is 53.7 Å². The van der Waals surface area contributed by atoms with Crippen molar-refractivity contribution >= 4 is 17.6 Å². The number of carbonyl (C=O) groups is 2. The molecule has 3 rings (SSSR count). The van der Waals surface area contributed by atoms with Crippen LogP contribution in [0.1, 0.15) is 35.7 Å². The Morgan fingerprint density at radius 1 is 1.07 bits per heavy atom. The quantitative estimate of drug-likeness (QED) is 0.666. The van der Waals surface area contributed by atoms with Crippen LogP contribution in [0.25, 0.3) is 0 Å². The highest BCUT2D eigenvalue weighted by Crippen LogP contribution is 2.29. The first kappa shape index (κ1) is 20.9. The van der Waals surface area contributed by atoms with E-state index in [1.807, 2.05) is 18.2 Å². The van der Waals surface area contributed by atoms with Crippen molar-refractivity contribution in [2.24, 2.45) is 0 Å². The second-order valence-electron chi connectivity index (χ2n) is 7.36. The molecular weight excluding hydrogens is 368 g/mol. The van der Waals surface area contributed by atoms with E-state index in [0.29, 0.717) is 37.2 Å². The molecule has 0 spiro atoms. The number of piperidine rings is 1. The summed E-state index contributed by atoms with van der Waals surface area (Å²) in [6.45, 7) is 4.30. The van der Waals surface area contributed by atoms with E-state index >= 15 is 0 Å². The first-order chi connectivity index (χ1) is 14.0. The summed E-state index contributed by atoms with van der Waals surface area (Å²) in [5.41, 5.74) is 1.06. The molecule has 6 heteroatoms. The van der Waals surface area contributed by atoms with Crippen LogP contribution >= 0.6 is 0 Å². The van der Waals surface area contributed by atoms with Crippen molar-refractivity contribution < 1.29 is 19.4 Å². The number of esters is 1. The number of hydrogen-bond donors (Lipinski definition) is 2. The second-order valence-corrected chi connectivity index (χ2v) is 7.36. The van der Waals surface area contributed by atoms with Crippen molar-refractivity contribution in [2.75, 3.05) is 31.6 Å². The van der Waals surface area contributed by atoms with E-state index in [9.17, 15) is 14.7 Å². The van der Waals surface area contributed by atoms with Gasteiger partial charge in [0, 0.05) is 25.3 Å². The zero-order chi connectivity index (χ0) is 20.7. The molecule has 0 aromatic heterocycles. The van der Waals surface area contributed by atoms with Gasteiger partial charge in [0.2, 0.25) is 0 Å². The molecule has 6 nitrogen and oxygen atoms in total. The molecule has 2 aromatic carbocycles. The first-order valence-corrected chi connectivity index (χ1v) is 10.1. The molecule has 154 valence electrons. The van der Waals surface area contributed by atoms with E-state index in [1.54, 1.807) is 31.2 Å². The van der Waals surface area contributed by atoms with E-state index in [4.69, 9.17) is 4.74 Å². The van der Waals surface area contributed by atoms with Crippen molar-refractivity contribution in [2.45, 2.75) is 31.7 Å². The smallest absolute Gasteiger partial charge is 0.340 e. The third kappa shape index (κ3) is 5.15. The molecule has 1 fully saturated rings. The fourth-order valence-electron chi connectivity index (χ4n) is 3.72. The Bertz CT molecular complexity index is 830. The molecule has 0 amide bonds. The summed E-state index contributed by atoms with van der Waals surface area (Å²) in [7, 11) is 0. The van der Waals surface area contributed by atoms with Gasteiger partial charge in [0.1, 0.15) is 5.54 Å². The molecule has 1 aliphatic heterocycles. The van der Waals surface area contributed by atoms with E-state index < -0.39 is 17.5 Å². The molecule has 1 aliphatic rings. The number of carboxylic acids is 1. The van der Waals surface area contributed by atoms with Crippen LogP contribution in [0, 0.1) is 0 Å². The SMILES string of the molecule is CCOC(=O)c1ccccc1NC1(C(=O)O)CCN(CCc2ccccc2)CC1. The maximum Gasteiger partial charge on any atom is 0.340 e. The fourth-order valence-corrected chi connectivity index (χ4v) is 3.72. The normalized spacial score (nSPS) is 16.2. The Morgan fingerprint density at radius 3 is 2.38 bits per heavy atom. The molecule has 1 heterocycles. The fraction of sp³-hybridized carbons (Fsp3) is 0.391. The number of carboxylic acid groups (broad SMARTS) is 1. The molecule has 0 saturated carbocycles. The molecule has 2 aromatic rings. The van der Waals surface area contributed by atoms with Gasteiger partial charge in [-0.05, 0) is 43.9 Å². The van der Waals surface area contributed by atoms with Gasteiger partial charge in [0.25, 0.3) is 0 Å². The summed E-state index contributed by atoms with van der Waals surface area (Å²) in [6, 6.07) is 17.2. The average Bonchev–Trinajstić information content (AvgIpc) is 2.74. The van der Waals surface area contributed by atoms with Gasteiger partial charge in [-0.15, -0.1) is 0 Å². The number of nitrogens with zero attached hydrogens (tertiary/aromatic N) is 1. The van der Waals surface area contributed by atoms with Crippen LogP contribution < -0.4 is 5.32 Å². The topological polar surface area (TPSA) is 78.9 Å².